The third kappa shape index (κ3) is 4.04. The van der Waals surface area contributed by atoms with Gasteiger partial charge in [-0.25, -0.2) is 12.8 Å². The van der Waals surface area contributed by atoms with Gasteiger partial charge in [0.2, 0.25) is 0 Å². The molecule has 5 rings (SSSR count). The number of anilines is 1. The highest BCUT2D eigenvalue weighted by atomic mass is 32.2. The maximum Gasteiger partial charge on any atom is 0.258 e. The summed E-state index contributed by atoms with van der Waals surface area (Å²) in [6.45, 7) is 5.54. The number of rotatable bonds is 4. The number of likely N-dealkylation sites (tertiary alicyclic amines) is 1. The van der Waals surface area contributed by atoms with Gasteiger partial charge in [-0.15, -0.1) is 11.3 Å². The first-order valence-electron chi connectivity index (χ1n) is 11.3. The normalized spacial score (nSPS) is 24.2. The average molecular weight is 499 g/mol. The second-order valence-electron chi connectivity index (χ2n) is 9.25. The van der Waals surface area contributed by atoms with Crippen LogP contribution in [0.1, 0.15) is 30.9 Å². The van der Waals surface area contributed by atoms with E-state index in [0.29, 0.717) is 31.6 Å². The Morgan fingerprint density at radius 1 is 1.21 bits per heavy atom. The summed E-state index contributed by atoms with van der Waals surface area (Å²) in [6, 6.07) is 13.7. The molecule has 34 heavy (non-hydrogen) atoms. The summed E-state index contributed by atoms with van der Waals surface area (Å²) >= 11 is 1.61. The standard InChI is InChI=1S/C26H27FN2O3S2/c1-18-8-12-33-25(18)23-14-20(6-7-24(23)30)17-28-11-9-26(16-19(28)2)10-13-34(31,32)29(26)22-5-3-4-21(27)15-22/h3-8,10,12-15,19,30H,9,11,16-17H2,1-2H3/t19-,26-/m0/s1. The molecule has 2 aliphatic heterocycles. The number of aromatic hydroxyl groups is 1. The van der Waals surface area contributed by atoms with Crippen LogP contribution in [0.3, 0.4) is 0 Å². The minimum absolute atomic E-state index is 0.100. The van der Waals surface area contributed by atoms with E-state index in [1.165, 1.54) is 21.8 Å². The van der Waals surface area contributed by atoms with Gasteiger partial charge in [0.05, 0.1) is 11.2 Å². The lowest BCUT2D eigenvalue weighted by Gasteiger charge is -2.47. The second-order valence-corrected chi connectivity index (χ2v) is 11.8. The maximum atomic E-state index is 13.9. The fourth-order valence-electron chi connectivity index (χ4n) is 5.22. The molecule has 3 heterocycles. The van der Waals surface area contributed by atoms with E-state index in [2.05, 4.69) is 11.8 Å². The molecule has 1 spiro atoms. The van der Waals surface area contributed by atoms with Gasteiger partial charge in [0.1, 0.15) is 11.6 Å². The van der Waals surface area contributed by atoms with Gasteiger partial charge in [0.15, 0.2) is 0 Å². The van der Waals surface area contributed by atoms with E-state index >= 15 is 0 Å². The van der Waals surface area contributed by atoms with Crippen LogP contribution in [-0.4, -0.2) is 36.5 Å². The van der Waals surface area contributed by atoms with E-state index in [0.717, 1.165) is 21.6 Å². The van der Waals surface area contributed by atoms with Crippen molar-refractivity contribution in [3.05, 3.63) is 82.3 Å². The first-order valence-corrected chi connectivity index (χ1v) is 13.7. The Balaban J connectivity index is 1.38. The van der Waals surface area contributed by atoms with E-state index in [1.807, 2.05) is 30.5 Å². The maximum absolute atomic E-state index is 13.9. The molecule has 2 aliphatic rings. The van der Waals surface area contributed by atoms with Crippen LogP contribution < -0.4 is 4.31 Å². The Bertz CT molecular complexity index is 1370. The summed E-state index contributed by atoms with van der Waals surface area (Å²) in [6.07, 6.45) is 2.99. The smallest absolute Gasteiger partial charge is 0.258 e. The quantitative estimate of drug-likeness (QED) is 0.505. The van der Waals surface area contributed by atoms with E-state index in [9.17, 15) is 17.9 Å². The van der Waals surface area contributed by atoms with Crippen molar-refractivity contribution < 1.29 is 17.9 Å². The van der Waals surface area contributed by atoms with Crippen LogP contribution in [0.25, 0.3) is 10.4 Å². The van der Waals surface area contributed by atoms with Crippen LogP contribution in [0.15, 0.2) is 65.4 Å². The monoisotopic (exact) mass is 498 g/mol. The highest BCUT2D eigenvalue weighted by molar-refractivity contribution is 7.96. The van der Waals surface area contributed by atoms with E-state index in [4.69, 9.17) is 0 Å². The minimum atomic E-state index is -3.66. The Labute approximate surface area is 203 Å². The molecule has 8 heteroatoms. The Kier molecular flexibility index (Phi) is 5.78. The minimum Gasteiger partial charge on any atom is -0.507 e. The lowest BCUT2D eigenvalue weighted by Crippen LogP contribution is -2.56. The second kappa shape index (κ2) is 8.52. The zero-order valence-corrected chi connectivity index (χ0v) is 20.7. The summed E-state index contributed by atoms with van der Waals surface area (Å²) in [5, 5.41) is 13.7. The van der Waals surface area contributed by atoms with Crippen molar-refractivity contribution in [2.75, 3.05) is 10.8 Å². The van der Waals surface area contributed by atoms with E-state index < -0.39 is 21.4 Å². The van der Waals surface area contributed by atoms with Crippen molar-refractivity contribution in [2.45, 2.75) is 44.8 Å². The van der Waals surface area contributed by atoms with E-state index in [-0.39, 0.29) is 11.8 Å². The lowest BCUT2D eigenvalue weighted by atomic mass is 9.83. The topological polar surface area (TPSA) is 60.9 Å². The molecule has 3 aromatic rings. The molecule has 1 N–H and O–H groups in total. The fraction of sp³-hybridized carbons (Fsp3) is 0.308. The van der Waals surface area contributed by atoms with Crippen LogP contribution in [0, 0.1) is 12.7 Å². The molecule has 5 nitrogen and oxygen atoms in total. The summed E-state index contributed by atoms with van der Waals surface area (Å²) in [7, 11) is -3.66. The number of phenols is 1. The van der Waals surface area contributed by atoms with Gasteiger partial charge in [-0.1, -0.05) is 12.1 Å². The predicted molar refractivity (Wildman–Crippen MR) is 135 cm³/mol. The Morgan fingerprint density at radius 3 is 2.74 bits per heavy atom. The summed E-state index contributed by atoms with van der Waals surface area (Å²) in [5.74, 6) is -0.184. The van der Waals surface area contributed by atoms with Gasteiger partial charge in [0, 0.05) is 35.0 Å². The van der Waals surface area contributed by atoms with Gasteiger partial charge in [-0.2, -0.15) is 0 Å². The van der Waals surface area contributed by atoms with Gasteiger partial charge in [-0.05, 0) is 85.7 Å². The number of sulfonamides is 1. The van der Waals surface area contributed by atoms with E-state index in [1.54, 1.807) is 35.6 Å². The molecular formula is C26H27FN2O3S2. The third-order valence-corrected chi connectivity index (χ3v) is 9.52. The highest BCUT2D eigenvalue weighted by Crippen LogP contribution is 2.44. The number of piperidine rings is 1. The lowest BCUT2D eigenvalue weighted by molar-refractivity contribution is 0.120. The van der Waals surface area contributed by atoms with Crippen molar-refractivity contribution in [1.29, 1.82) is 0 Å². The van der Waals surface area contributed by atoms with Crippen molar-refractivity contribution in [3.63, 3.8) is 0 Å². The summed E-state index contributed by atoms with van der Waals surface area (Å²) < 4.78 is 41.2. The molecule has 1 saturated heterocycles. The van der Waals surface area contributed by atoms with Crippen molar-refractivity contribution >= 4 is 27.0 Å². The number of thiophene rings is 1. The molecule has 178 valence electrons. The number of aryl methyl sites for hydroxylation is 1. The van der Waals surface area contributed by atoms with Gasteiger partial charge >= 0.3 is 0 Å². The predicted octanol–water partition coefficient (Wildman–Crippen LogP) is 5.66. The number of benzene rings is 2. The van der Waals surface area contributed by atoms with Crippen LogP contribution in [-0.2, 0) is 16.6 Å². The first-order chi connectivity index (χ1) is 16.2. The SMILES string of the molecule is Cc1ccsc1-c1cc(CN2CC[C@]3(C=CS(=O)(=O)N3c3cccc(F)c3)C[C@@H]2C)ccc1O. The summed E-state index contributed by atoms with van der Waals surface area (Å²) in [4.78, 5) is 3.41. The number of hydrogen-bond donors (Lipinski definition) is 1. The molecule has 0 radical (unpaired) electrons. The number of nitrogens with zero attached hydrogens (tertiary/aromatic N) is 2. The van der Waals surface area contributed by atoms with Crippen LogP contribution in [0.2, 0.25) is 0 Å². The molecule has 1 aromatic heterocycles. The molecule has 2 atom stereocenters. The fourth-order valence-corrected chi connectivity index (χ4v) is 7.86. The zero-order chi connectivity index (χ0) is 24.1. The van der Waals surface area contributed by atoms with Crippen molar-refractivity contribution in [1.82, 2.24) is 4.90 Å². The van der Waals surface area contributed by atoms with Gasteiger partial charge < -0.3 is 5.11 Å². The van der Waals surface area contributed by atoms with Crippen molar-refractivity contribution in [3.8, 4) is 16.2 Å². The number of halogens is 1. The molecule has 0 amide bonds. The zero-order valence-electron chi connectivity index (χ0n) is 19.1. The highest BCUT2D eigenvalue weighted by Gasteiger charge is 2.49. The molecule has 1 fully saturated rings. The molecular weight excluding hydrogens is 471 g/mol. The van der Waals surface area contributed by atoms with Crippen molar-refractivity contribution in [2.24, 2.45) is 0 Å². The molecule has 0 aliphatic carbocycles. The molecule has 2 aromatic carbocycles. The largest absolute Gasteiger partial charge is 0.507 e. The number of hydrogen-bond acceptors (Lipinski definition) is 5. The Hall–Kier alpha value is -2.68. The molecule has 0 saturated carbocycles. The summed E-state index contributed by atoms with van der Waals surface area (Å²) in [5.41, 5.74) is 2.74. The third-order valence-electron chi connectivity index (χ3n) is 6.91. The van der Waals surface area contributed by atoms with Crippen LogP contribution in [0.5, 0.6) is 5.75 Å². The first kappa shape index (κ1) is 23.1. The molecule has 0 unspecified atom stereocenters. The van der Waals surface area contributed by atoms with Gasteiger partial charge in [0.25, 0.3) is 10.0 Å². The van der Waals surface area contributed by atoms with Gasteiger partial charge in [-0.3, -0.25) is 9.21 Å². The molecule has 0 bridgehead atoms. The number of phenolic OH excluding ortho intramolecular Hbond substituents is 1. The average Bonchev–Trinajstić information content (AvgIpc) is 3.31. The Morgan fingerprint density at radius 2 is 2.03 bits per heavy atom. The van der Waals surface area contributed by atoms with Crippen LogP contribution in [0.4, 0.5) is 10.1 Å². The van der Waals surface area contributed by atoms with Crippen LogP contribution >= 0.6 is 11.3 Å².